The molecule has 0 aromatic heterocycles. The van der Waals surface area contributed by atoms with Gasteiger partial charge in [0.15, 0.2) is 12.1 Å². The van der Waals surface area contributed by atoms with Gasteiger partial charge < -0.3 is 0 Å². The summed E-state index contributed by atoms with van der Waals surface area (Å²) in [6.45, 7) is 1.18. The summed E-state index contributed by atoms with van der Waals surface area (Å²) >= 11 is 2.69. The van der Waals surface area contributed by atoms with Crippen LogP contribution in [0.2, 0.25) is 0 Å². The minimum absolute atomic E-state index is 0.0325. The van der Waals surface area contributed by atoms with Crippen molar-refractivity contribution in [1.82, 2.24) is 0 Å². The van der Waals surface area contributed by atoms with Crippen molar-refractivity contribution in [1.29, 1.82) is 0 Å². The van der Waals surface area contributed by atoms with Gasteiger partial charge in [-0.3, -0.25) is 9.59 Å². The molecule has 0 aliphatic heterocycles. The van der Waals surface area contributed by atoms with Gasteiger partial charge in [0.25, 0.3) is 0 Å². The number of benzene rings is 1. The first kappa shape index (κ1) is 12.9. The topological polar surface area (TPSA) is 34.1 Å². The smallest absolute Gasteiger partial charge is 0.298 e. The molecule has 16 heavy (non-hydrogen) atoms. The molecule has 0 heterocycles. The summed E-state index contributed by atoms with van der Waals surface area (Å²) in [6.07, 6.45) is -4.33. The fraction of sp³-hybridized carbons (Fsp3) is 0.200. The van der Waals surface area contributed by atoms with E-state index in [0.29, 0.717) is 0 Å². The second-order valence-corrected chi connectivity index (χ2v) is 3.85. The number of hydrogen-bond acceptors (Lipinski definition) is 2. The zero-order valence-corrected chi connectivity index (χ0v) is 9.65. The lowest BCUT2D eigenvalue weighted by molar-refractivity contribution is -0.138. The Labute approximate surface area is 97.6 Å². The molecule has 0 N–H and O–H groups in total. The van der Waals surface area contributed by atoms with E-state index in [4.69, 9.17) is 0 Å². The molecule has 0 aliphatic rings. The quantitative estimate of drug-likeness (QED) is 0.618. The third kappa shape index (κ3) is 2.32. The SMILES string of the molecule is CC(=O)c1ccc(C(F)(F)F)c(Br)c1C=O. The first-order valence-corrected chi connectivity index (χ1v) is 4.94. The highest BCUT2D eigenvalue weighted by molar-refractivity contribution is 9.10. The van der Waals surface area contributed by atoms with Crippen LogP contribution in [0.25, 0.3) is 0 Å². The Bertz CT molecular complexity index is 452. The lowest BCUT2D eigenvalue weighted by Crippen LogP contribution is -2.10. The Kier molecular flexibility index (Phi) is 3.52. The van der Waals surface area contributed by atoms with Crippen LogP contribution >= 0.6 is 15.9 Å². The van der Waals surface area contributed by atoms with Crippen molar-refractivity contribution >= 4 is 28.0 Å². The molecule has 0 saturated carbocycles. The van der Waals surface area contributed by atoms with Gasteiger partial charge in [0, 0.05) is 15.6 Å². The predicted molar refractivity (Wildman–Crippen MR) is 54.5 cm³/mol. The average Bonchev–Trinajstić information content (AvgIpc) is 2.14. The van der Waals surface area contributed by atoms with Gasteiger partial charge in [-0.05, 0) is 28.9 Å². The average molecular weight is 295 g/mol. The summed E-state index contributed by atoms with van der Waals surface area (Å²) in [7, 11) is 0. The summed E-state index contributed by atoms with van der Waals surface area (Å²) in [6, 6.07) is 1.77. The van der Waals surface area contributed by atoms with Crippen molar-refractivity contribution in [2.75, 3.05) is 0 Å². The van der Waals surface area contributed by atoms with Gasteiger partial charge in [0.2, 0.25) is 0 Å². The largest absolute Gasteiger partial charge is 0.417 e. The van der Waals surface area contributed by atoms with E-state index in [1.54, 1.807) is 0 Å². The molecule has 0 bridgehead atoms. The van der Waals surface area contributed by atoms with E-state index in [2.05, 4.69) is 15.9 Å². The number of hydrogen-bond donors (Lipinski definition) is 0. The number of Topliss-reactive ketones (excluding diaryl/α,β-unsaturated/α-hetero) is 1. The van der Waals surface area contributed by atoms with Crippen LogP contribution in [-0.4, -0.2) is 12.1 Å². The maximum Gasteiger partial charge on any atom is 0.417 e. The monoisotopic (exact) mass is 294 g/mol. The van der Waals surface area contributed by atoms with Crippen LogP contribution < -0.4 is 0 Å². The molecule has 1 rings (SSSR count). The lowest BCUT2D eigenvalue weighted by Gasteiger charge is -2.12. The number of carbonyl (C=O) groups excluding carboxylic acids is 2. The molecule has 86 valence electrons. The minimum Gasteiger partial charge on any atom is -0.298 e. The van der Waals surface area contributed by atoms with E-state index in [9.17, 15) is 22.8 Å². The van der Waals surface area contributed by atoms with Gasteiger partial charge >= 0.3 is 6.18 Å². The number of ketones is 1. The Morgan fingerprint density at radius 1 is 1.38 bits per heavy atom. The summed E-state index contributed by atoms with van der Waals surface area (Å²) < 4.78 is 37.0. The van der Waals surface area contributed by atoms with E-state index in [1.165, 1.54) is 6.92 Å². The molecule has 0 fully saturated rings. The predicted octanol–water partition coefficient (Wildman–Crippen LogP) is 3.48. The van der Waals surface area contributed by atoms with Crippen LogP contribution in [0, 0.1) is 0 Å². The first-order valence-electron chi connectivity index (χ1n) is 4.15. The summed E-state index contributed by atoms with van der Waals surface area (Å²) in [5.74, 6) is -0.462. The maximum absolute atomic E-state index is 12.5. The fourth-order valence-electron chi connectivity index (χ4n) is 1.23. The van der Waals surface area contributed by atoms with Crippen LogP contribution in [0.15, 0.2) is 16.6 Å². The van der Waals surface area contributed by atoms with E-state index < -0.39 is 22.0 Å². The zero-order chi connectivity index (χ0) is 12.5. The van der Waals surface area contributed by atoms with Crippen LogP contribution in [0.4, 0.5) is 13.2 Å². The molecular formula is C10H6BrF3O2. The highest BCUT2D eigenvalue weighted by Gasteiger charge is 2.34. The standard InChI is InChI=1S/C10H6BrF3O2/c1-5(16)6-2-3-8(10(12,13)14)9(11)7(6)4-15/h2-4H,1H3. The van der Waals surface area contributed by atoms with Gasteiger partial charge in [-0.15, -0.1) is 0 Å². The van der Waals surface area contributed by atoms with Gasteiger partial charge in [-0.1, -0.05) is 6.07 Å². The van der Waals surface area contributed by atoms with Crippen molar-refractivity contribution in [3.05, 3.63) is 33.3 Å². The molecule has 1 aromatic carbocycles. The summed E-state index contributed by atoms with van der Waals surface area (Å²) in [4.78, 5) is 21.8. The molecule has 0 radical (unpaired) electrons. The van der Waals surface area contributed by atoms with Gasteiger partial charge in [0.1, 0.15) is 0 Å². The molecule has 0 spiro atoms. The Balaban J connectivity index is 3.53. The van der Waals surface area contributed by atoms with Crippen LogP contribution in [0.3, 0.4) is 0 Å². The second kappa shape index (κ2) is 4.37. The maximum atomic E-state index is 12.5. The van der Waals surface area contributed by atoms with Crippen LogP contribution in [0.5, 0.6) is 0 Å². The number of alkyl halides is 3. The Morgan fingerprint density at radius 3 is 2.31 bits per heavy atom. The first-order chi connectivity index (χ1) is 7.29. The molecule has 0 unspecified atom stereocenters. The van der Waals surface area contributed by atoms with E-state index in [1.807, 2.05) is 0 Å². The molecule has 2 nitrogen and oxygen atoms in total. The third-order valence-corrected chi connectivity index (χ3v) is 2.84. The zero-order valence-electron chi connectivity index (χ0n) is 8.06. The molecule has 0 atom stereocenters. The third-order valence-electron chi connectivity index (χ3n) is 1.98. The normalized spacial score (nSPS) is 11.3. The highest BCUT2D eigenvalue weighted by Crippen LogP contribution is 2.37. The highest BCUT2D eigenvalue weighted by atomic mass is 79.9. The number of halogens is 4. The molecule has 0 aliphatic carbocycles. The molecular weight excluding hydrogens is 289 g/mol. The van der Waals surface area contributed by atoms with E-state index in [-0.39, 0.29) is 17.4 Å². The molecule has 0 amide bonds. The van der Waals surface area contributed by atoms with Crippen molar-refractivity contribution < 1.29 is 22.8 Å². The van der Waals surface area contributed by atoms with Crippen molar-refractivity contribution in [3.8, 4) is 0 Å². The molecule has 6 heteroatoms. The summed E-state index contributed by atoms with van der Waals surface area (Å²) in [5.41, 5.74) is -1.28. The summed E-state index contributed by atoms with van der Waals surface area (Å²) in [5, 5.41) is 0. The van der Waals surface area contributed by atoms with Crippen LogP contribution in [0.1, 0.15) is 33.2 Å². The molecule has 1 aromatic rings. The molecule has 0 saturated heterocycles. The van der Waals surface area contributed by atoms with E-state index >= 15 is 0 Å². The Morgan fingerprint density at radius 2 is 1.94 bits per heavy atom. The van der Waals surface area contributed by atoms with Crippen molar-refractivity contribution in [3.63, 3.8) is 0 Å². The number of carbonyl (C=O) groups is 2. The lowest BCUT2D eigenvalue weighted by atomic mass is 10.0. The second-order valence-electron chi connectivity index (χ2n) is 3.06. The Hall–Kier alpha value is -1.17. The van der Waals surface area contributed by atoms with Gasteiger partial charge in [-0.2, -0.15) is 13.2 Å². The van der Waals surface area contributed by atoms with Gasteiger partial charge in [0.05, 0.1) is 5.56 Å². The van der Waals surface area contributed by atoms with Crippen molar-refractivity contribution in [2.24, 2.45) is 0 Å². The van der Waals surface area contributed by atoms with Crippen molar-refractivity contribution in [2.45, 2.75) is 13.1 Å². The van der Waals surface area contributed by atoms with Crippen LogP contribution in [-0.2, 0) is 6.18 Å². The van der Waals surface area contributed by atoms with Gasteiger partial charge in [-0.25, -0.2) is 0 Å². The number of rotatable bonds is 2. The number of aldehydes is 1. The van der Waals surface area contributed by atoms with E-state index in [0.717, 1.165) is 12.1 Å². The fourth-order valence-corrected chi connectivity index (χ4v) is 1.90. The minimum atomic E-state index is -4.56.